The molecule has 6 heteroatoms. The maximum absolute atomic E-state index is 12.2. The molecule has 0 aromatic heterocycles. The molecule has 0 aliphatic heterocycles. The minimum Gasteiger partial charge on any atom is -0.280 e. The Kier molecular flexibility index (Phi) is 4.52. The van der Waals surface area contributed by atoms with Gasteiger partial charge in [0.25, 0.3) is 10.0 Å². The summed E-state index contributed by atoms with van der Waals surface area (Å²) >= 11 is 5.52. The van der Waals surface area contributed by atoms with Crippen molar-refractivity contribution in [3.8, 4) is 0 Å². The highest BCUT2D eigenvalue weighted by molar-refractivity contribution is 14.1. The van der Waals surface area contributed by atoms with Crippen LogP contribution in [-0.2, 0) is 10.0 Å². The van der Waals surface area contributed by atoms with Crippen LogP contribution in [0.15, 0.2) is 51.8 Å². The number of aryl methyl sites for hydroxylation is 1. The van der Waals surface area contributed by atoms with Gasteiger partial charge in [-0.05, 0) is 71.5 Å². The van der Waals surface area contributed by atoms with Crippen molar-refractivity contribution in [3.05, 3.63) is 56.1 Å². The van der Waals surface area contributed by atoms with Crippen LogP contribution in [0.2, 0.25) is 0 Å². The number of sulfonamides is 1. The van der Waals surface area contributed by atoms with Crippen molar-refractivity contribution in [2.45, 2.75) is 11.8 Å². The van der Waals surface area contributed by atoms with Crippen molar-refractivity contribution >= 4 is 54.2 Å². The predicted molar refractivity (Wildman–Crippen MR) is 88.8 cm³/mol. The molecular weight excluding hydrogens is 441 g/mol. The summed E-state index contributed by atoms with van der Waals surface area (Å²) in [5, 5.41) is 0. The van der Waals surface area contributed by atoms with E-state index in [1.165, 1.54) is 0 Å². The summed E-state index contributed by atoms with van der Waals surface area (Å²) in [6, 6.07) is 12.1. The number of anilines is 1. The molecule has 0 saturated carbocycles. The Labute approximate surface area is 134 Å². The lowest BCUT2D eigenvalue weighted by Gasteiger charge is -2.09. The summed E-state index contributed by atoms with van der Waals surface area (Å²) in [7, 11) is -3.53. The highest BCUT2D eigenvalue weighted by Gasteiger charge is 2.14. The molecule has 0 atom stereocenters. The Morgan fingerprint density at radius 3 is 2.32 bits per heavy atom. The minimum absolute atomic E-state index is 0.254. The Morgan fingerprint density at radius 2 is 1.74 bits per heavy atom. The third-order valence-electron chi connectivity index (χ3n) is 2.55. The summed E-state index contributed by atoms with van der Waals surface area (Å²) in [6.45, 7) is 1.95. The second-order valence-corrected chi connectivity index (χ2v) is 7.81. The van der Waals surface area contributed by atoms with Crippen LogP contribution in [0.1, 0.15) is 5.56 Å². The quantitative estimate of drug-likeness (QED) is 0.712. The number of nitrogens with one attached hydrogen (secondary N) is 1. The summed E-state index contributed by atoms with van der Waals surface area (Å²) < 4.78 is 28.8. The molecule has 0 radical (unpaired) electrons. The van der Waals surface area contributed by atoms with Crippen molar-refractivity contribution in [2.24, 2.45) is 0 Å². The fraction of sp³-hybridized carbons (Fsp3) is 0.0769. The lowest BCUT2D eigenvalue weighted by Crippen LogP contribution is -2.12. The van der Waals surface area contributed by atoms with E-state index in [0.717, 1.165) is 13.6 Å². The fourth-order valence-corrected chi connectivity index (χ4v) is 3.27. The van der Waals surface area contributed by atoms with Gasteiger partial charge in [0.2, 0.25) is 0 Å². The fourth-order valence-electron chi connectivity index (χ4n) is 1.48. The molecule has 19 heavy (non-hydrogen) atoms. The van der Waals surface area contributed by atoms with Crippen LogP contribution in [0.4, 0.5) is 5.69 Å². The summed E-state index contributed by atoms with van der Waals surface area (Å²) in [5.41, 5.74) is 1.59. The van der Waals surface area contributed by atoms with Crippen LogP contribution in [0.25, 0.3) is 0 Å². The first kappa shape index (κ1) is 14.8. The average molecular weight is 452 g/mol. The van der Waals surface area contributed by atoms with Gasteiger partial charge >= 0.3 is 0 Å². The molecule has 3 nitrogen and oxygen atoms in total. The van der Waals surface area contributed by atoms with Crippen LogP contribution in [0, 0.1) is 10.5 Å². The van der Waals surface area contributed by atoms with Crippen molar-refractivity contribution in [3.63, 3.8) is 0 Å². The molecule has 0 heterocycles. The molecule has 2 aromatic carbocycles. The monoisotopic (exact) mass is 451 g/mol. The van der Waals surface area contributed by atoms with Crippen LogP contribution >= 0.6 is 38.5 Å². The van der Waals surface area contributed by atoms with Gasteiger partial charge in [-0.1, -0.05) is 22.0 Å². The van der Waals surface area contributed by atoms with Crippen LogP contribution in [0.3, 0.4) is 0 Å². The molecule has 0 fully saturated rings. The SMILES string of the molecule is Cc1ccc(NS(=O)(=O)c2ccc(I)cc2)cc1Br. The maximum atomic E-state index is 12.2. The largest absolute Gasteiger partial charge is 0.280 e. The first-order valence-corrected chi connectivity index (χ1v) is 8.78. The van der Waals surface area contributed by atoms with Gasteiger partial charge in [-0.3, -0.25) is 4.72 Å². The smallest absolute Gasteiger partial charge is 0.261 e. The molecule has 100 valence electrons. The van der Waals surface area contributed by atoms with E-state index in [-0.39, 0.29) is 4.90 Å². The molecule has 0 bridgehead atoms. The van der Waals surface area contributed by atoms with E-state index in [1.807, 2.05) is 13.0 Å². The molecule has 0 saturated heterocycles. The van der Waals surface area contributed by atoms with Gasteiger partial charge in [-0.15, -0.1) is 0 Å². The molecule has 0 amide bonds. The minimum atomic E-state index is -3.53. The highest BCUT2D eigenvalue weighted by atomic mass is 127. The second kappa shape index (κ2) is 5.80. The summed E-state index contributed by atoms with van der Waals surface area (Å²) in [5.74, 6) is 0. The third-order valence-corrected chi connectivity index (χ3v) is 5.52. The summed E-state index contributed by atoms with van der Waals surface area (Å²) in [4.78, 5) is 0.254. The van der Waals surface area contributed by atoms with Crippen molar-refractivity contribution in [1.82, 2.24) is 0 Å². The zero-order valence-corrected chi connectivity index (χ0v) is 14.6. The van der Waals surface area contributed by atoms with Crippen molar-refractivity contribution in [2.75, 3.05) is 4.72 Å². The molecule has 1 N–H and O–H groups in total. The Hall–Kier alpha value is -0.600. The lowest BCUT2D eigenvalue weighted by molar-refractivity contribution is 0.601. The third kappa shape index (κ3) is 3.70. The van der Waals surface area contributed by atoms with Gasteiger partial charge in [0.1, 0.15) is 0 Å². The van der Waals surface area contributed by atoms with Gasteiger partial charge in [-0.25, -0.2) is 8.42 Å². The first-order valence-electron chi connectivity index (χ1n) is 5.43. The Morgan fingerprint density at radius 1 is 1.11 bits per heavy atom. The van der Waals surface area contributed by atoms with Crippen molar-refractivity contribution in [1.29, 1.82) is 0 Å². The standard InChI is InChI=1S/C13H11BrINO2S/c1-9-2-5-11(8-13(9)14)16-19(17,18)12-6-3-10(15)4-7-12/h2-8,16H,1H3. The Balaban J connectivity index is 2.30. The van der Waals surface area contributed by atoms with E-state index in [0.29, 0.717) is 5.69 Å². The summed E-state index contributed by atoms with van der Waals surface area (Å²) in [6.07, 6.45) is 0. The first-order chi connectivity index (χ1) is 8.88. The van der Waals surface area contributed by atoms with E-state index < -0.39 is 10.0 Å². The maximum Gasteiger partial charge on any atom is 0.261 e. The topological polar surface area (TPSA) is 46.2 Å². The molecular formula is C13H11BrINO2S. The number of rotatable bonds is 3. The van der Waals surface area contributed by atoms with Gasteiger partial charge in [0.05, 0.1) is 4.90 Å². The van der Waals surface area contributed by atoms with E-state index in [2.05, 4.69) is 43.2 Å². The van der Waals surface area contributed by atoms with E-state index in [9.17, 15) is 8.42 Å². The van der Waals surface area contributed by atoms with Gasteiger partial charge in [-0.2, -0.15) is 0 Å². The van der Waals surface area contributed by atoms with E-state index in [1.54, 1.807) is 36.4 Å². The highest BCUT2D eigenvalue weighted by Crippen LogP contribution is 2.23. The normalized spacial score (nSPS) is 11.3. The molecule has 2 rings (SSSR count). The molecule has 0 aliphatic rings. The number of hydrogen-bond acceptors (Lipinski definition) is 2. The zero-order valence-electron chi connectivity index (χ0n) is 10.0. The lowest BCUT2D eigenvalue weighted by atomic mass is 10.2. The zero-order chi connectivity index (χ0) is 14.0. The predicted octanol–water partition coefficient (Wildman–Crippen LogP) is 4.16. The Bertz CT molecular complexity index is 699. The molecule has 0 spiro atoms. The number of benzene rings is 2. The van der Waals surface area contributed by atoms with Gasteiger partial charge < -0.3 is 0 Å². The van der Waals surface area contributed by atoms with Crippen molar-refractivity contribution < 1.29 is 8.42 Å². The number of halogens is 2. The van der Waals surface area contributed by atoms with Gasteiger partial charge in [0, 0.05) is 13.7 Å². The van der Waals surface area contributed by atoms with Crippen LogP contribution in [-0.4, -0.2) is 8.42 Å². The van der Waals surface area contributed by atoms with Crippen LogP contribution in [0.5, 0.6) is 0 Å². The van der Waals surface area contributed by atoms with Crippen LogP contribution < -0.4 is 4.72 Å². The van der Waals surface area contributed by atoms with E-state index in [4.69, 9.17) is 0 Å². The van der Waals surface area contributed by atoms with Gasteiger partial charge in [0.15, 0.2) is 0 Å². The molecule has 0 unspecified atom stereocenters. The second-order valence-electron chi connectivity index (χ2n) is 4.02. The number of hydrogen-bond donors (Lipinski definition) is 1. The molecule has 0 aliphatic carbocycles. The van der Waals surface area contributed by atoms with E-state index >= 15 is 0 Å². The average Bonchev–Trinajstić information content (AvgIpc) is 2.34. The molecule has 2 aromatic rings.